The predicted molar refractivity (Wildman–Crippen MR) is 79.7 cm³/mol. The van der Waals surface area contributed by atoms with Gasteiger partial charge in [-0.1, -0.05) is 12.8 Å². The van der Waals surface area contributed by atoms with Crippen molar-refractivity contribution >= 4 is 11.8 Å². The summed E-state index contributed by atoms with van der Waals surface area (Å²) in [7, 11) is 0. The molecule has 0 amide bonds. The van der Waals surface area contributed by atoms with E-state index in [1.807, 2.05) is 0 Å². The third-order valence-corrected chi connectivity index (χ3v) is 5.24. The second-order valence-corrected chi connectivity index (χ2v) is 6.57. The normalized spacial score (nSPS) is 30.1. The molecule has 1 aromatic rings. The summed E-state index contributed by atoms with van der Waals surface area (Å²) < 4.78 is 0. The molecule has 4 rings (SSSR count). The van der Waals surface area contributed by atoms with Crippen LogP contribution in [0, 0.1) is 11.8 Å². The van der Waals surface area contributed by atoms with Gasteiger partial charge in [0.2, 0.25) is 5.95 Å². The number of fused-ring (bicyclic) bond motifs is 1. The third-order valence-electron chi connectivity index (χ3n) is 5.24. The van der Waals surface area contributed by atoms with E-state index < -0.39 is 0 Å². The largest absolute Gasteiger partial charge is 0.368 e. The molecule has 1 unspecified atom stereocenters. The van der Waals surface area contributed by atoms with Gasteiger partial charge in [0, 0.05) is 38.2 Å². The third kappa shape index (κ3) is 2.14. The molecule has 3 fully saturated rings. The summed E-state index contributed by atoms with van der Waals surface area (Å²) in [6.45, 7) is 4.52. The zero-order chi connectivity index (χ0) is 13.5. The summed E-state index contributed by atoms with van der Waals surface area (Å²) in [6.07, 6.45) is 5.16. The molecular formula is C15H23N5. The number of rotatable bonds is 2. The van der Waals surface area contributed by atoms with Gasteiger partial charge in [-0.3, -0.25) is 0 Å². The number of nitrogens with one attached hydrogen (secondary N) is 1. The molecule has 0 aromatic carbocycles. The fraction of sp³-hybridized carbons (Fsp3) is 0.733. The second-order valence-electron chi connectivity index (χ2n) is 6.57. The summed E-state index contributed by atoms with van der Waals surface area (Å²) in [5, 5.41) is 3.48. The average molecular weight is 273 g/mol. The molecule has 5 heteroatoms. The summed E-state index contributed by atoms with van der Waals surface area (Å²) in [5.74, 6) is 3.65. The number of hydrogen-bond donors (Lipinski definition) is 2. The van der Waals surface area contributed by atoms with Gasteiger partial charge in [0.15, 0.2) is 0 Å². The Morgan fingerprint density at radius 3 is 2.50 bits per heavy atom. The smallest absolute Gasteiger partial charge is 0.222 e. The molecule has 1 aromatic heterocycles. The van der Waals surface area contributed by atoms with E-state index in [0.717, 1.165) is 43.8 Å². The summed E-state index contributed by atoms with van der Waals surface area (Å²) in [6, 6.07) is 2.20. The monoisotopic (exact) mass is 273 g/mol. The summed E-state index contributed by atoms with van der Waals surface area (Å²) in [5.41, 5.74) is 7.12. The van der Waals surface area contributed by atoms with Crippen molar-refractivity contribution in [3.8, 4) is 0 Å². The maximum absolute atomic E-state index is 5.95. The van der Waals surface area contributed by atoms with Crippen LogP contribution in [-0.2, 0) is 0 Å². The van der Waals surface area contributed by atoms with Crippen LogP contribution in [0.2, 0.25) is 0 Å². The first-order chi connectivity index (χ1) is 9.79. The molecule has 3 aliphatic rings. The van der Waals surface area contributed by atoms with Crippen LogP contribution in [-0.4, -0.2) is 36.1 Å². The van der Waals surface area contributed by atoms with E-state index in [4.69, 9.17) is 5.73 Å². The Morgan fingerprint density at radius 2 is 1.80 bits per heavy atom. The van der Waals surface area contributed by atoms with Gasteiger partial charge in [-0.2, -0.15) is 4.98 Å². The second kappa shape index (κ2) is 4.88. The van der Waals surface area contributed by atoms with Crippen LogP contribution in [0.1, 0.15) is 37.3 Å². The van der Waals surface area contributed by atoms with E-state index in [1.165, 1.54) is 31.4 Å². The number of anilines is 2. The van der Waals surface area contributed by atoms with Crippen molar-refractivity contribution in [2.75, 3.05) is 36.8 Å². The maximum atomic E-state index is 5.95. The van der Waals surface area contributed by atoms with Gasteiger partial charge in [-0.05, 0) is 24.7 Å². The highest BCUT2D eigenvalue weighted by atomic mass is 15.2. The molecule has 3 N–H and O–H groups in total. The molecule has 20 heavy (non-hydrogen) atoms. The Bertz CT molecular complexity index is 485. The van der Waals surface area contributed by atoms with E-state index in [-0.39, 0.29) is 0 Å². The van der Waals surface area contributed by atoms with Gasteiger partial charge < -0.3 is 16.0 Å². The molecule has 108 valence electrons. The van der Waals surface area contributed by atoms with Crippen LogP contribution in [0.25, 0.3) is 0 Å². The van der Waals surface area contributed by atoms with Crippen LogP contribution >= 0.6 is 0 Å². The van der Waals surface area contributed by atoms with E-state index in [1.54, 1.807) is 0 Å². The lowest BCUT2D eigenvalue weighted by Gasteiger charge is -2.20. The SMILES string of the molecule is Nc1nc(C2CCCC2)cc(N2CC3CNC[C@@H]3C2)n1. The number of nitrogens with two attached hydrogens (primary N) is 1. The predicted octanol–water partition coefficient (Wildman–Crippen LogP) is 1.37. The molecule has 2 aliphatic heterocycles. The minimum atomic E-state index is 0.444. The van der Waals surface area contributed by atoms with Gasteiger partial charge in [0.1, 0.15) is 5.82 Å². The Labute approximate surface area is 120 Å². The highest BCUT2D eigenvalue weighted by Crippen LogP contribution is 2.36. The minimum Gasteiger partial charge on any atom is -0.368 e. The molecular weight excluding hydrogens is 250 g/mol. The van der Waals surface area contributed by atoms with Crippen molar-refractivity contribution in [3.63, 3.8) is 0 Å². The quantitative estimate of drug-likeness (QED) is 0.852. The van der Waals surface area contributed by atoms with E-state index in [2.05, 4.69) is 26.3 Å². The maximum Gasteiger partial charge on any atom is 0.222 e. The fourth-order valence-corrected chi connectivity index (χ4v) is 4.11. The minimum absolute atomic E-state index is 0.444. The zero-order valence-corrected chi connectivity index (χ0v) is 11.9. The van der Waals surface area contributed by atoms with Crippen molar-refractivity contribution in [1.82, 2.24) is 15.3 Å². The molecule has 0 spiro atoms. The topological polar surface area (TPSA) is 67.1 Å². The van der Waals surface area contributed by atoms with E-state index in [9.17, 15) is 0 Å². The lowest BCUT2D eigenvalue weighted by atomic mass is 10.0. The number of hydrogen-bond acceptors (Lipinski definition) is 5. The molecule has 3 heterocycles. The van der Waals surface area contributed by atoms with Gasteiger partial charge in [-0.15, -0.1) is 0 Å². The molecule has 2 atom stereocenters. The standard InChI is InChI=1S/C15H23N5/c16-15-18-13(10-3-1-2-4-10)5-14(19-15)20-8-11-6-17-7-12(11)9-20/h5,10-12,17H,1-4,6-9H2,(H2,16,18,19)/t11-,12?/m1/s1. The number of nitrogens with zero attached hydrogens (tertiary/aromatic N) is 3. The first kappa shape index (κ1) is 12.4. The van der Waals surface area contributed by atoms with Gasteiger partial charge in [0.05, 0.1) is 5.69 Å². The molecule has 1 saturated carbocycles. The van der Waals surface area contributed by atoms with Crippen molar-refractivity contribution < 1.29 is 0 Å². The Balaban J connectivity index is 1.58. The Hall–Kier alpha value is -1.36. The lowest BCUT2D eigenvalue weighted by Crippen LogP contribution is -2.26. The highest BCUT2D eigenvalue weighted by molar-refractivity contribution is 5.46. The Kier molecular flexibility index (Phi) is 3.02. The van der Waals surface area contributed by atoms with Gasteiger partial charge in [-0.25, -0.2) is 4.98 Å². The van der Waals surface area contributed by atoms with Crippen LogP contribution in [0.5, 0.6) is 0 Å². The molecule has 1 aliphatic carbocycles. The first-order valence-corrected chi connectivity index (χ1v) is 7.90. The average Bonchev–Trinajstić information content (AvgIpc) is 3.14. The van der Waals surface area contributed by atoms with Crippen LogP contribution in [0.15, 0.2) is 6.07 Å². The lowest BCUT2D eigenvalue weighted by molar-refractivity contribution is 0.533. The van der Waals surface area contributed by atoms with Crippen LogP contribution in [0.4, 0.5) is 11.8 Å². The van der Waals surface area contributed by atoms with Crippen molar-refractivity contribution in [2.45, 2.75) is 31.6 Å². The number of aromatic nitrogens is 2. The summed E-state index contributed by atoms with van der Waals surface area (Å²) >= 11 is 0. The molecule has 2 saturated heterocycles. The van der Waals surface area contributed by atoms with E-state index >= 15 is 0 Å². The van der Waals surface area contributed by atoms with E-state index in [0.29, 0.717) is 11.9 Å². The molecule has 5 nitrogen and oxygen atoms in total. The van der Waals surface area contributed by atoms with Crippen molar-refractivity contribution in [2.24, 2.45) is 11.8 Å². The Morgan fingerprint density at radius 1 is 1.10 bits per heavy atom. The molecule has 0 bridgehead atoms. The van der Waals surface area contributed by atoms with Gasteiger partial charge >= 0.3 is 0 Å². The van der Waals surface area contributed by atoms with Crippen LogP contribution < -0.4 is 16.0 Å². The van der Waals surface area contributed by atoms with Crippen molar-refractivity contribution in [1.29, 1.82) is 0 Å². The highest BCUT2D eigenvalue weighted by Gasteiger charge is 2.37. The van der Waals surface area contributed by atoms with Gasteiger partial charge in [0.25, 0.3) is 0 Å². The zero-order valence-electron chi connectivity index (χ0n) is 11.9. The fourth-order valence-electron chi connectivity index (χ4n) is 4.11. The van der Waals surface area contributed by atoms with Crippen molar-refractivity contribution in [3.05, 3.63) is 11.8 Å². The number of nitrogen functional groups attached to an aromatic ring is 1. The molecule has 0 radical (unpaired) electrons. The summed E-state index contributed by atoms with van der Waals surface area (Å²) in [4.78, 5) is 11.4. The van der Waals surface area contributed by atoms with Crippen LogP contribution in [0.3, 0.4) is 0 Å². The first-order valence-electron chi connectivity index (χ1n) is 7.90.